The lowest BCUT2D eigenvalue weighted by Gasteiger charge is -2.21. The van der Waals surface area contributed by atoms with Crippen molar-refractivity contribution >= 4 is 10.0 Å². The molecule has 0 aromatic heterocycles. The number of nitrogens with zero attached hydrogens (tertiary/aromatic N) is 1. The molecule has 4 nitrogen and oxygen atoms in total. The Bertz CT molecular complexity index is 207. The van der Waals surface area contributed by atoms with Gasteiger partial charge in [-0.15, -0.1) is 0 Å². The van der Waals surface area contributed by atoms with Crippen molar-refractivity contribution < 1.29 is 8.42 Å². The highest BCUT2D eigenvalue weighted by Gasteiger charge is 2.16. The Morgan fingerprint density at radius 2 is 1.91 bits per heavy atom. The van der Waals surface area contributed by atoms with Gasteiger partial charge >= 0.3 is 0 Å². The molecule has 1 rings (SSSR count). The summed E-state index contributed by atoms with van der Waals surface area (Å²) in [5.74, 6) is 0. The lowest BCUT2D eigenvalue weighted by molar-refractivity contribution is 0.423. The first-order valence-electron chi connectivity index (χ1n) is 3.68. The fourth-order valence-corrected chi connectivity index (χ4v) is 2.01. The summed E-state index contributed by atoms with van der Waals surface area (Å²) in [6, 6.07) is 0.113. The molecule has 1 aliphatic heterocycles. The largest absolute Gasteiger partial charge is 0.242 e. The van der Waals surface area contributed by atoms with E-state index in [9.17, 15) is 8.42 Å². The van der Waals surface area contributed by atoms with Crippen LogP contribution in [0.3, 0.4) is 0 Å². The Morgan fingerprint density at radius 3 is 2.36 bits per heavy atom. The van der Waals surface area contributed by atoms with Crippen LogP contribution in [-0.2, 0) is 10.0 Å². The normalized spacial score (nSPS) is 21.9. The standard InChI is InChI=1S/C6H13N2O2S/c1-11(9,10)8-6-2-4-7-5-3-6/h6,8H,2-5H2,1H3. The van der Waals surface area contributed by atoms with E-state index in [1.54, 1.807) is 0 Å². The molecule has 5 heteroatoms. The molecular weight excluding hydrogens is 164 g/mol. The predicted octanol–water partition coefficient (Wildman–Crippen LogP) is -0.698. The number of sulfonamides is 1. The van der Waals surface area contributed by atoms with E-state index in [1.807, 2.05) is 0 Å². The van der Waals surface area contributed by atoms with E-state index in [2.05, 4.69) is 10.0 Å². The van der Waals surface area contributed by atoms with Crippen LogP contribution in [0.15, 0.2) is 0 Å². The Labute approximate surface area is 67.4 Å². The summed E-state index contributed by atoms with van der Waals surface area (Å²) in [6.45, 7) is 1.57. The zero-order valence-electron chi connectivity index (χ0n) is 6.58. The van der Waals surface area contributed by atoms with E-state index >= 15 is 0 Å². The third-order valence-electron chi connectivity index (χ3n) is 1.65. The molecule has 0 bridgehead atoms. The molecule has 0 unspecified atom stereocenters. The van der Waals surface area contributed by atoms with Crippen molar-refractivity contribution in [3.05, 3.63) is 0 Å². The first kappa shape index (κ1) is 8.96. The van der Waals surface area contributed by atoms with Crippen LogP contribution < -0.4 is 10.0 Å². The van der Waals surface area contributed by atoms with Gasteiger partial charge in [0, 0.05) is 19.1 Å². The molecule has 1 saturated heterocycles. The number of nitrogens with one attached hydrogen (secondary N) is 1. The topological polar surface area (TPSA) is 60.3 Å². The predicted molar refractivity (Wildman–Crippen MR) is 42.9 cm³/mol. The first-order valence-corrected chi connectivity index (χ1v) is 5.57. The third kappa shape index (κ3) is 3.69. The monoisotopic (exact) mass is 177 g/mol. The van der Waals surface area contributed by atoms with Crippen LogP contribution in [-0.4, -0.2) is 33.8 Å². The van der Waals surface area contributed by atoms with Crippen LogP contribution in [0, 0.1) is 0 Å². The summed E-state index contributed by atoms with van der Waals surface area (Å²) in [5.41, 5.74) is 0. The van der Waals surface area contributed by atoms with Crippen molar-refractivity contribution in [1.29, 1.82) is 0 Å². The molecule has 1 heterocycles. The van der Waals surface area contributed by atoms with E-state index in [0.29, 0.717) is 0 Å². The van der Waals surface area contributed by atoms with Gasteiger partial charge in [0.05, 0.1) is 6.26 Å². The minimum Gasteiger partial charge on any atom is -0.242 e. The Kier molecular flexibility index (Phi) is 2.86. The van der Waals surface area contributed by atoms with Gasteiger partial charge in [0.2, 0.25) is 10.0 Å². The maximum Gasteiger partial charge on any atom is 0.208 e. The molecule has 0 atom stereocenters. The molecule has 1 radical (unpaired) electrons. The van der Waals surface area contributed by atoms with Crippen molar-refractivity contribution in [3.63, 3.8) is 0 Å². The second-order valence-electron chi connectivity index (χ2n) is 2.84. The minimum atomic E-state index is -3.02. The van der Waals surface area contributed by atoms with E-state index in [4.69, 9.17) is 0 Å². The van der Waals surface area contributed by atoms with Gasteiger partial charge in [-0.3, -0.25) is 0 Å². The van der Waals surface area contributed by atoms with Crippen molar-refractivity contribution in [2.75, 3.05) is 19.3 Å². The van der Waals surface area contributed by atoms with Gasteiger partial charge in [0.1, 0.15) is 0 Å². The Balaban J connectivity index is 2.36. The fraction of sp³-hybridized carbons (Fsp3) is 1.00. The molecule has 1 aliphatic rings. The molecule has 1 fully saturated rings. The maximum atomic E-state index is 10.8. The highest BCUT2D eigenvalue weighted by atomic mass is 32.2. The van der Waals surface area contributed by atoms with Crippen LogP contribution in [0.4, 0.5) is 0 Å². The third-order valence-corrected chi connectivity index (χ3v) is 2.41. The molecule has 11 heavy (non-hydrogen) atoms. The van der Waals surface area contributed by atoms with Crippen LogP contribution >= 0.6 is 0 Å². The minimum absolute atomic E-state index is 0.113. The number of hydrogen-bond acceptors (Lipinski definition) is 2. The van der Waals surface area contributed by atoms with Crippen molar-refractivity contribution in [2.45, 2.75) is 18.9 Å². The maximum absolute atomic E-state index is 10.8. The molecule has 0 aromatic rings. The van der Waals surface area contributed by atoms with Crippen LogP contribution in [0.25, 0.3) is 0 Å². The summed E-state index contributed by atoms with van der Waals surface area (Å²) in [4.78, 5) is 0. The molecule has 65 valence electrons. The van der Waals surface area contributed by atoms with Gasteiger partial charge in [-0.1, -0.05) is 0 Å². The zero-order valence-corrected chi connectivity index (χ0v) is 7.39. The SMILES string of the molecule is CS(=O)(=O)NC1CC[N]CC1. The summed E-state index contributed by atoms with van der Waals surface area (Å²) in [6.07, 6.45) is 2.87. The van der Waals surface area contributed by atoms with Gasteiger partial charge in [-0.2, -0.15) is 0 Å². The van der Waals surface area contributed by atoms with Crippen molar-refractivity contribution in [1.82, 2.24) is 10.0 Å². The van der Waals surface area contributed by atoms with Gasteiger partial charge in [0.25, 0.3) is 0 Å². The summed E-state index contributed by atoms with van der Waals surface area (Å²) >= 11 is 0. The second-order valence-corrected chi connectivity index (χ2v) is 4.62. The molecule has 0 saturated carbocycles. The Hall–Kier alpha value is -0.130. The Morgan fingerprint density at radius 1 is 1.36 bits per heavy atom. The number of piperidine rings is 1. The van der Waals surface area contributed by atoms with Crippen LogP contribution in [0.1, 0.15) is 12.8 Å². The quantitative estimate of drug-likeness (QED) is 0.606. The first-order chi connectivity index (χ1) is 5.08. The summed E-state index contributed by atoms with van der Waals surface area (Å²) in [5, 5.41) is 4.12. The van der Waals surface area contributed by atoms with Crippen LogP contribution in [0.5, 0.6) is 0 Å². The van der Waals surface area contributed by atoms with E-state index in [-0.39, 0.29) is 6.04 Å². The molecule has 0 spiro atoms. The highest BCUT2D eigenvalue weighted by molar-refractivity contribution is 7.88. The lowest BCUT2D eigenvalue weighted by atomic mass is 10.1. The average Bonchev–Trinajstić information content (AvgIpc) is 1.85. The molecule has 0 amide bonds. The van der Waals surface area contributed by atoms with E-state index < -0.39 is 10.0 Å². The van der Waals surface area contributed by atoms with Crippen molar-refractivity contribution in [3.8, 4) is 0 Å². The van der Waals surface area contributed by atoms with E-state index in [0.717, 1.165) is 25.9 Å². The highest BCUT2D eigenvalue weighted by Crippen LogP contribution is 2.03. The van der Waals surface area contributed by atoms with Gasteiger partial charge in [-0.25, -0.2) is 18.5 Å². The summed E-state index contributed by atoms with van der Waals surface area (Å²) < 4.78 is 24.1. The molecule has 0 aliphatic carbocycles. The van der Waals surface area contributed by atoms with Crippen LogP contribution in [0.2, 0.25) is 0 Å². The molecular formula is C6H13N2O2S. The number of rotatable bonds is 2. The summed E-state index contributed by atoms with van der Waals surface area (Å²) in [7, 11) is -3.02. The second kappa shape index (κ2) is 3.51. The molecule has 1 N–H and O–H groups in total. The fourth-order valence-electron chi connectivity index (χ4n) is 1.17. The molecule has 0 aromatic carbocycles. The van der Waals surface area contributed by atoms with Gasteiger partial charge < -0.3 is 0 Å². The lowest BCUT2D eigenvalue weighted by Crippen LogP contribution is -2.40. The average molecular weight is 177 g/mol. The smallest absolute Gasteiger partial charge is 0.208 e. The van der Waals surface area contributed by atoms with Gasteiger partial charge in [0.15, 0.2) is 0 Å². The van der Waals surface area contributed by atoms with Crippen molar-refractivity contribution in [2.24, 2.45) is 0 Å². The van der Waals surface area contributed by atoms with E-state index in [1.165, 1.54) is 6.26 Å². The zero-order chi connectivity index (χ0) is 8.32. The number of hydrogen-bond donors (Lipinski definition) is 1. The van der Waals surface area contributed by atoms with Gasteiger partial charge in [-0.05, 0) is 12.8 Å².